The van der Waals surface area contributed by atoms with Crippen LogP contribution in [-0.4, -0.2) is 49.0 Å². The van der Waals surface area contributed by atoms with E-state index in [1.165, 1.54) is 13.0 Å². The molecule has 0 aromatic rings. The molecule has 0 spiro atoms. The molecular formula is C20H49NO2Si3. The van der Waals surface area contributed by atoms with Crippen LogP contribution in [0.1, 0.15) is 61.8 Å². The second kappa shape index (κ2) is 9.35. The van der Waals surface area contributed by atoms with Crippen molar-refractivity contribution >= 4 is 25.0 Å². The average molecular weight is 420 g/mol. The number of rotatable bonds is 10. The Bertz CT molecular complexity index is 394. The second-order valence-corrected chi connectivity index (χ2v) is 25.0. The van der Waals surface area contributed by atoms with E-state index in [1.54, 1.807) is 0 Å². The quantitative estimate of drug-likeness (QED) is 0.362. The van der Waals surface area contributed by atoms with Crippen molar-refractivity contribution in [2.24, 2.45) is 0 Å². The van der Waals surface area contributed by atoms with E-state index in [4.69, 9.17) is 8.85 Å². The molecule has 0 unspecified atom stereocenters. The first-order valence-electron chi connectivity index (χ1n) is 10.5. The Labute approximate surface area is 168 Å². The Kier molecular flexibility index (Phi) is 9.54. The van der Waals surface area contributed by atoms with Gasteiger partial charge in [0.15, 0.2) is 0 Å². The van der Waals surface area contributed by atoms with Gasteiger partial charge in [-0.1, -0.05) is 67.7 Å². The summed E-state index contributed by atoms with van der Waals surface area (Å²) in [5.41, 5.74) is 0. The van der Waals surface area contributed by atoms with E-state index in [0.29, 0.717) is 10.1 Å². The summed E-state index contributed by atoms with van der Waals surface area (Å²) in [6.07, 6.45) is 1.18. The molecule has 0 radical (unpaired) electrons. The van der Waals surface area contributed by atoms with Crippen LogP contribution in [0.2, 0.25) is 48.9 Å². The lowest BCUT2D eigenvalue weighted by atomic mass is 10.2. The van der Waals surface area contributed by atoms with Gasteiger partial charge in [-0.3, -0.25) is 0 Å². The molecule has 0 amide bonds. The monoisotopic (exact) mass is 419 g/mol. The zero-order chi connectivity index (χ0) is 21.0. The van der Waals surface area contributed by atoms with E-state index in [-0.39, 0.29) is 0 Å². The van der Waals surface area contributed by atoms with E-state index in [9.17, 15) is 0 Å². The van der Waals surface area contributed by atoms with Crippen LogP contribution in [-0.2, 0) is 8.85 Å². The molecule has 158 valence electrons. The van der Waals surface area contributed by atoms with Gasteiger partial charge in [-0.25, -0.2) is 0 Å². The fourth-order valence-electron chi connectivity index (χ4n) is 3.42. The van der Waals surface area contributed by atoms with Gasteiger partial charge in [0.25, 0.3) is 0 Å². The molecule has 0 N–H and O–H groups in total. The molecule has 0 aromatic heterocycles. The molecule has 6 heteroatoms. The summed E-state index contributed by atoms with van der Waals surface area (Å²) in [7, 11) is -5.19. The second-order valence-electron chi connectivity index (χ2n) is 10.9. The van der Waals surface area contributed by atoms with E-state index < -0.39 is 25.0 Å². The van der Waals surface area contributed by atoms with Gasteiger partial charge in [-0.15, -0.1) is 0 Å². The number of nitrogens with zero attached hydrogens (tertiary/aromatic N) is 1. The highest BCUT2D eigenvalue weighted by Crippen LogP contribution is 2.47. The Hall–Kier alpha value is 0.531. The largest absolute Gasteiger partial charge is 0.395 e. The van der Waals surface area contributed by atoms with E-state index >= 15 is 0 Å². The number of hydrogen-bond acceptors (Lipinski definition) is 3. The predicted molar refractivity (Wildman–Crippen MR) is 125 cm³/mol. The van der Waals surface area contributed by atoms with Crippen LogP contribution in [0.25, 0.3) is 0 Å². The van der Waals surface area contributed by atoms with Crippen molar-refractivity contribution < 1.29 is 8.85 Å². The Morgan fingerprint density at radius 3 is 1.31 bits per heavy atom. The zero-order valence-electron chi connectivity index (χ0n) is 20.3. The van der Waals surface area contributed by atoms with Crippen molar-refractivity contribution in [1.82, 2.24) is 4.23 Å². The summed E-state index contributed by atoms with van der Waals surface area (Å²) in [4.78, 5) is 0. The van der Waals surface area contributed by atoms with Crippen molar-refractivity contribution in [3.05, 3.63) is 0 Å². The van der Waals surface area contributed by atoms with Crippen molar-refractivity contribution in [3.63, 3.8) is 0 Å². The molecule has 0 aliphatic carbocycles. The highest BCUT2D eigenvalue weighted by Gasteiger charge is 2.51. The van der Waals surface area contributed by atoms with Gasteiger partial charge < -0.3 is 13.1 Å². The standard InChI is InChI=1S/C20H49NO2Si3/c1-14-22-26(13,23-15-2)18-16-17-21(24(9,10)19(3,4)5)25(11,12)20(6,7)8/h14-18H2,1-13H3. The molecule has 0 aliphatic heterocycles. The lowest BCUT2D eigenvalue weighted by molar-refractivity contribution is 0.188. The van der Waals surface area contributed by atoms with Crippen LogP contribution in [0.3, 0.4) is 0 Å². The number of hydrogen-bond donors (Lipinski definition) is 0. The SMILES string of the molecule is CCO[Si](C)(CCCN([Si](C)(C)C(C)(C)C)[Si](C)(C)C(C)(C)C)OCC. The van der Waals surface area contributed by atoms with Gasteiger partial charge in [-0.2, -0.15) is 0 Å². The van der Waals surface area contributed by atoms with Gasteiger partial charge in [0.05, 0.1) is 0 Å². The third-order valence-electron chi connectivity index (χ3n) is 6.93. The molecule has 0 atom stereocenters. The van der Waals surface area contributed by atoms with Crippen molar-refractivity contribution in [1.29, 1.82) is 0 Å². The molecule has 0 aliphatic rings. The average Bonchev–Trinajstić information content (AvgIpc) is 2.41. The Morgan fingerprint density at radius 2 is 1.04 bits per heavy atom. The third kappa shape index (κ3) is 6.55. The molecule has 0 saturated heterocycles. The summed E-state index contributed by atoms with van der Waals surface area (Å²) in [6, 6.07) is 1.09. The minimum atomic E-state index is -2.02. The summed E-state index contributed by atoms with van der Waals surface area (Å²) >= 11 is 0. The van der Waals surface area contributed by atoms with Gasteiger partial charge in [0.2, 0.25) is 0 Å². The first-order chi connectivity index (χ1) is 11.5. The summed E-state index contributed by atoms with van der Waals surface area (Å²) in [5, 5.41) is 0.728. The molecule has 26 heavy (non-hydrogen) atoms. The molecule has 0 aromatic carbocycles. The molecular weight excluding hydrogens is 370 g/mol. The highest BCUT2D eigenvalue weighted by atomic mass is 28.4. The maximum absolute atomic E-state index is 6.08. The van der Waals surface area contributed by atoms with Crippen LogP contribution in [0.15, 0.2) is 0 Å². The van der Waals surface area contributed by atoms with Crippen molar-refractivity contribution in [2.75, 3.05) is 19.8 Å². The summed E-state index contributed by atoms with van der Waals surface area (Å²) in [5.74, 6) is 0. The van der Waals surface area contributed by atoms with E-state index in [1.807, 2.05) is 0 Å². The van der Waals surface area contributed by atoms with Crippen molar-refractivity contribution in [3.8, 4) is 0 Å². The summed E-state index contributed by atoms with van der Waals surface area (Å²) in [6.45, 7) is 34.1. The van der Waals surface area contributed by atoms with Crippen LogP contribution in [0.5, 0.6) is 0 Å². The first kappa shape index (κ1) is 26.5. The smallest absolute Gasteiger partial charge is 0.334 e. The van der Waals surface area contributed by atoms with Crippen LogP contribution in [0, 0.1) is 0 Å². The Balaban J connectivity index is 5.53. The van der Waals surface area contributed by atoms with E-state index in [2.05, 4.69) is 92.4 Å². The Morgan fingerprint density at radius 1 is 0.692 bits per heavy atom. The van der Waals surface area contributed by atoms with E-state index in [0.717, 1.165) is 19.3 Å². The lowest BCUT2D eigenvalue weighted by Gasteiger charge is -2.57. The van der Waals surface area contributed by atoms with Crippen LogP contribution < -0.4 is 0 Å². The summed E-state index contributed by atoms with van der Waals surface area (Å²) < 4.78 is 15.2. The third-order valence-corrected chi connectivity index (χ3v) is 23.8. The molecule has 0 bridgehead atoms. The van der Waals surface area contributed by atoms with Gasteiger partial charge >= 0.3 is 8.56 Å². The molecule has 0 fully saturated rings. The minimum absolute atomic E-state index is 0.364. The lowest BCUT2D eigenvalue weighted by Crippen LogP contribution is -2.68. The fourth-order valence-corrected chi connectivity index (χ4v) is 16.5. The van der Waals surface area contributed by atoms with Crippen LogP contribution in [0.4, 0.5) is 0 Å². The first-order valence-corrected chi connectivity index (χ1v) is 18.9. The fraction of sp³-hybridized carbons (Fsp3) is 1.00. The topological polar surface area (TPSA) is 21.7 Å². The van der Waals surface area contributed by atoms with Gasteiger partial charge in [0, 0.05) is 13.2 Å². The van der Waals surface area contributed by atoms with Crippen molar-refractivity contribution in [2.45, 2.75) is 111 Å². The maximum atomic E-state index is 6.08. The predicted octanol–water partition coefficient (Wildman–Crippen LogP) is 6.83. The zero-order valence-corrected chi connectivity index (χ0v) is 23.3. The van der Waals surface area contributed by atoms with Gasteiger partial charge in [-0.05, 0) is 49.5 Å². The normalized spacial score (nSPS) is 15.0. The molecule has 3 nitrogen and oxygen atoms in total. The van der Waals surface area contributed by atoms with Crippen LogP contribution >= 0.6 is 0 Å². The van der Waals surface area contributed by atoms with Gasteiger partial charge in [0.1, 0.15) is 16.5 Å². The molecule has 0 saturated carbocycles. The molecule has 0 rings (SSSR count). The highest BCUT2D eigenvalue weighted by molar-refractivity contribution is 6.93. The molecule has 0 heterocycles. The minimum Gasteiger partial charge on any atom is -0.395 e. The maximum Gasteiger partial charge on any atom is 0.334 e.